The zero-order chi connectivity index (χ0) is 23.6. The van der Waals surface area contributed by atoms with Crippen molar-refractivity contribution in [2.24, 2.45) is 29.1 Å². The average molecular weight is 455 g/mol. The third kappa shape index (κ3) is 5.29. The molecule has 3 aliphatic carbocycles. The van der Waals surface area contributed by atoms with E-state index in [0.29, 0.717) is 12.5 Å². The van der Waals surface area contributed by atoms with E-state index >= 15 is 0 Å². The molecule has 3 saturated carbocycles. The van der Waals surface area contributed by atoms with Gasteiger partial charge >= 0.3 is 0 Å². The lowest BCUT2D eigenvalue weighted by molar-refractivity contribution is -0.144. The molecule has 3 fully saturated rings. The van der Waals surface area contributed by atoms with Crippen LogP contribution in [0, 0.1) is 29.1 Å². The summed E-state index contributed by atoms with van der Waals surface area (Å²) in [4.78, 5) is 25.7. The third-order valence-corrected chi connectivity index (χ3v) is 9.20. The minimum atomic E-state index is -0.517. The van der Waals surface area contributed by atoms with E-state index in [1.165, 1.54) is 12.8 Å². The standard InChI is InChI=1S/C28H42N2O3/c1-18(27(33)29-21-11-7-8-12-21)22-13-15-28(3)16-14-23(19(2)25(28)26(22)32)30-24(31)17-20-9-5-4-6-10-20/h4-6,9-10,18-19,21-23,25-26,32H,7-8,11-17H2,1-3H3,(H,29,33)(H,30,31)/t18-,19-,22-,23-,25+,26-,28+/m0/s1. The summed E-state index contributed by atoms with van der Waals surface area (Å²) in [6.45, 7) is 6.48. The maximum Gasteiger partial charge on any atom is 0.224 e. The second-order valence-electron chi connectivity index (χ2n) is 11.4. The summed E-state index contributed by atoms with van der Waals surface area (Å²) in [6, 6.07) is 10.2. The molecule has 3 aliphatic rings. The van der Waals surface area contributed by atoms with Crippen molar-refractivity contribution in [3.05, 3.63) is 35.9 Å². The Labute approximate surface area is 199 Å². The molecule has 0 aliphatic heterocycles. The van der Waals surface area contributed by atoms with Gasteiger partial charge in [0.25, 0.3) is 0 Å². The summed E-state index contributed by atoms with van der Waals surface area (Å²) < 4.78 is 0. The summed E-state index contributed by atoms with van der Waals surface area (Å²) in [6.07, 6.45) is 8.30. The maximum absolute atomic E-state index is 13.0. The second-order valence-corrected chi connectivity index (χ2v) is 11.4. The van der Waals surface area contributed by atoms with Gasteiger partial charge < -0.3 is 15.7 Å². The van der Waals surface area contributed by atoms with Crippen molar-refractivity contribution in [2.75, 3.05) is 0 Å². The van der Waals surface area contributed by atoms with Crippen molar-refractivity contribution < 1.29 is 14.7 Å². The van der Waals surface area contributed by atoms with Crippen LogP contribution in [-0.4, -0.2) is 35.1 Å². The van der Waals surface area contributed by atoms with Crippen molar-refractivity contribution in [2.45, 2.75) is 96.7 Å². The number of hydrogen-bond donors (Lipinski definition) is 3. The van der Waals surface area contributed by atoms with Gasteiger partial charge in [-0.2, -0.15) is 0 Å². The average Bonchev–Trinajstić information content (AvgIpc) is 3.29. The van der Waals surface area contributed by atoms with Crippen molar-refractivity contribution in [1.82, 2.24) is 10.6 Å². The molecule has 0 bridgehead atoms. The third-order valence-electron chi connectivity index (χ3n) is 9.20. The first-order valence-corrected chi connectivity index (χ1v) is 13.1. The van der Waals surface area contributed by atoms with Crippen molar-refractivity contribution >= 4 is 11.8 Å². The molecule has 4 rings (SSSR count). The van der Waals surface area contributed by atoms with E-state index in [-0.39, 0.29) is 46.9 Å². The van der Waals surface area contributed by atoms with Gasteiger partial charge in [0.2, 0.25) is 11.8 Å². The van der Waals surface area contributed by atoms with Gasteiger partial charge in [0, 0.05) is 18.0 Å². The van der Waals surface area contributed by atoms with Crippen LogP contribution in [0.15, 0.2) is 30.3 Å². The molecular weight excluding hydrogens is 412 g/mol. The number of carbonyl (C=O) groups is 2. The van der Waals surface area contributed by atoms with Crippen LogP contribution >= 0.6 is 0 Å². The largest absolute Gasteiger partial charge is 0.392 e. The normalized spacial score (nSPS) is 35.5. The molecule has 7 atom stereocenters. The molecule has 0 heterocycles. The first-order chi connectivity index (χ1) is 15.8. The van der Waals surface area contributed by atoms with Crippen LogP contribution < -0.4 is 10.6 Å². The van der Waals surface area contributed by atoms with Crippen molar-refractivity contribution in [3.63, 3.8) is 0 Å². The minimum absolute atomic E-state index is 0.0225. The molecule has 2 amide bonds. The molecule has 5 nitrogen and oxygen atoms in total. The Morgan fingerprint density at radius 1 is 1.06 bits per heavy atom. The van der Waals surface area contributed by atoms with Gasteiger partial charge in [0.15, 0.2) is 0 Å². The lowest BCUT2D eigenvalue weighted by Gasteiger charge is -2.56. The van der Waals surface area contributed by atoms with Crippen LogP contribution in [0.5, 0.6) is 0 Å². The molecule has 0 spiro atoms. The lowest BCUT2D eigenvalue weighted by atomic mass is 9.51. The van der Waals surface area contributed by atoms with Gasteiger partial charge in [0.05, 0.1) is 12.5 Å². The zero-order valence-corrected chi connectivity index (χ0v) is 20.6. The van der Waals surface area contributed by atoms with Crippen LogP contribution in [0.2, 0.25) is 0 Å². The van der Waals surface area contributed by atoms with E-state index in [1.807, 2.05) is 37.3 Å². The van der Waals surface area contributed by atoms with Crippen molar-refractivity contribution in [1.29, 1.82) is 0 Å². The number of aliphatic hydroxyl groups is 1. The van der Waals surface area contributed by atoms with E-state index in [1.54, 1.807) is 0 Å². The second kappa shape index (κ2) is 10.2. The van der Waals surface area contributed by atoms with E-state index in [4.69, 9.17) is 0 Å². The van der Waals surface area contributed by atoms with Gasteiger partial charge in [0.1, 0.15) is 0 Å². The van der Waals surface area contributed by atoms with Crippen LogP contribution in [0.4, 0.5) is 0 Å². The summed E-state index contributed by atoms with van der Waals surface area (Å²) in [7, 11) is 0. The number of aliphatic hydroxyl groups excluding tert-OH is 1. The fourth-order valence-electron chi connectivity index (χ4n) is 7.13. The number of fused-ring (bicyclic) bond motifs is 1. The smallest absolute Gasteiger partial charge is 0.224 e. The number of carbonyl (C=O) groups excluding carboxylic acids is 2. The quantitative estimate of drug-likeness (QED) is 0.602. The Morgan fingerprint density at radius 3 is 2.42 bits per heavy atom. The number of rotatable bonds is 6. The van der Waals surface area contributed by atoms with Crippen LogP contribution in [-0.2, 0) is 16.0 Å². The number of hydrogen-bond acceptors (Lipinski definition) is 3. The van der Waals surface area contributed by atoms with Crippen LogP contribution in [0.1, 0.15) is 77.7 Å². The van der Waals surface area contributed by atoms with Crippen LogP contribution in [0.3, 0.4) is 0 Å². The summed E-state index contributed by atoms with van der Waals surface area (Å²) in [5, 5.41) is 18.1. The van der Waals surface area contributed by atoms with Gasteiger partial charge in [-0.15, -0.1) is 0 Å². The first-order valence-electron chi connectivity index (χ1n) is 13.1. The lowest BCUT2D eigenvalue weighted by Crippen LogP contribution is -2.58. The Bertz CT molecular complexity index is 822. The monoisotopic (exact) mass is 454 g/mol. The summed E-state index contributed by atoms with van der Waals surface area (Å²) >= 11 is 0. The highest BCUT2D eigenvalue weighted by molar-refractivity contribution is 5.79. The molecule has 1 aromatic carbocycles. The van der Waals surface area contributed by atoms with Gasteiger partial charge in [-0.25, -0.2) is 0 Å². The van der Waals surface area contributed by atoms with E-state index in [9.17, 15) is 14.7 Å². The number of benzene rings is 1. The van der Waals surface area contributed by atoms with Gasteiger partial charge in [-0.3, -0.25) is 9.59 Å². The number of amides is 2. The minimum Gasteiger partial charge on any atom is -0.392 e. The van der Waals surface area contributed by atoms with E-state index in [0.717, 1.165) is 44.1 Å². The molecule has 1 aromatic rings. The molecule has 33 heavy (non-hydrogen) atoms. The molecule has 5 heteroatoms. The SMILES string of the molecule is C[C@@H]1[C@@H]2[C@@H](O)[C@H]([C@H](C)C(=O)NC3CCCC3)CC[C@]2(C)CC[C@@H]1NC(=O)Cc1ccccc1. The van der Waals surface area contributed by atoms with E-state index < -0.39 is 6.10 Å². The fourth-order valence-corrected chi connectivity index (χ4v) is 7.13. The van der Waals surface area contributed by atoms with E-state index in [2.05, 4.69) is 24.5 Å². The predicted octanol–water partition coefficient (Wildman–Crippen LogP) is 4.23. The first kappa shape index (κ1) is 24.3. The zero-order valence-electron chi connectivity index (χ0n) is 20.6. The predicted molar refractivity (Wildman–Crippen MR) is 130 cm³/mol. The Hall–Kier alpha value is -1.88. The molecule has 182 valence electrons. The fraction of sp³-hybridized carbons (Fsp3) is 0.714. The molecule has 0 radical (unpaired) electrons. The summed E-state index contributed by atoms with van der Waals surface area (Å²) in [5.74, 6) is 0.203. The Balaban J connectivity index is 1.40. The number of nitrogens with one attached hydrogen (secondary N) is 2. The molecule has 3 N–H and O–H groups in total. The molecule has 0 saturated heterocycles. The molecule has 0 unspecified atom stereocenters. The maximum atomic E-state index is 13.0. The molecular formula is C28H42N2O3. The topological polar surface area (TPSA) is 78.4 Å². The highest BCUT2D eigenvalue weighted by Crippen LogP contribution is 2.55. The highest BCUT2D eigenvalue weighted by Gasteiger charge is 2.53. The van der Waals surface area contributed by atoms with Crippen molar-refractivity contribution in [3.8, 4) is 0 Å². The van der Waals surface area contributed by atoms with Gasteiger partial charge in [-0.05, 0) is 67.3 Å². The Kier molecular flexibility index (Phi) is 7.47. The summed E-state index contributed by atoms with van der Waals surface area (Å²) in [5.41, 5.74) is 1.08. The highest BCUT2D eigenvalue weighted by atomic mass is 16.3. The molecule has 0 aromatic heterocycles. The van der Waals surface area contributed by atoms with Crippen LogP contribution in [0.25, 0.3) is 0 Å². The Morgan fingerprint density at radius 2 is 1.73 bits per heavy atom. The van der Waals surface area contributed by atoms with Gasteiger partial charge in [-0.1, -0.05) is 63.9 Å².